The Balaban J connectivity index is 1.77. The summed E-state index contributed by atoms with van der Waals surface area (Å²) in [6.45, 7) is 1.06. The molecule has 38 heavy (non-hydrogen) atoms. The van der Waals surface area contributed by atoms with Crippen LogP contribution in [-0.4, -0.2) is 51.5 Å². The first-order valence-corrected chi connectivity index (χ1v) is 15.5. The number of ether oxygens (including phenoxy) is 1. The SMILES string of the molecule is O=CCOc1c(C(=O)O)sc(-c2cccc(N(C3CCNCC3)S(=O)(=O)Cc3ccc(Cl)c(Cl)c3)c2)c1Br. The predicted octanol–water partition coefficient (Wildman–Crippen LogP) is 5.85. The molecule has 8 nitrogen and oxygen atoms in total. The van der Waals surface area contributed by atoms with Gasteiger partial charge in [-0.05, 0) is 77.3 Å². The van der Waals surface area contributed by atoms with E-state index in [1.54, 1.807) is 42.5 Å². The van der Waals surface area contributed by atoms with Crippen LogP contribution >= 0.6 is 50.5 Å². The number of carboxylic acids is 1. The van der Waals surface area contributed by atoms with Gasteiger partial charge in [-0.1, -0.05) is 41.4 Å². The van der Waals surface area contributed by atoms with Crippen LogP contribution in [0.2, 0.25) is 10.0 Å². The summed E-state index contributed by atoms with van der Waals surface area (Å²) in [5, 5.41) is 13.5. The Kier molecular flexibility index (Phi) is 9.38. The molecule has 0 aliphatic carbocycles. The molecule has 2 N–H and O–H groups in total. The Hall–Kier alpha value is -2.15. The fourth-order valence-corrected chi connectivity index (χ4v) is 8.35. The van der Waals surface area contributed by atoms with Gasteiger partial charge in [0.25, 0.3) is 0 Å². The van der Waals surface area contributed by atoms with E-state index in [2.05, 4.69) is 21.2 Å². The van der Waals surface area contributed by atoms with Crippen molar-refractivity contribution in [2.24, 2.45) is 0 Å². The minimum absolute atomic E-state index is 0.0532. The smallest absolute Gasteiger partial charge is 0.349 e. The molecule has 4 rings (SSSR count). The van der Waals surface area contributed by atoms with Gasteiger partial charge >= 0.3 is 5.97 Å². The highest BCUT2D eigenvalue weighted by molar-refractivity contribution is 9.10. The van der Waals surface area contributed by atoms with E-state index in [0.717, 1.165) is 11.3 Å². The number of nitrogens with one attached hydrogen (secondary N) is 1. The minimum Gasteiger partial charge on any atom is -0.483 e. The second-order valence-electron chi connectivity index (χ2n) is 8.52. The lowest BCUT2D eigenvalue weighted by molar-refractivity contribution is -0.109. The quantitative estimate of drug-likeness (QED) is 0.262. The third-order valence-electron chi connectivity index (χ3n) is 5.93. The summed E-state index contributed by atoms with van der Waals surface area (Å²) in [6, 6.07) is 11.4. The van der Waals surface area contributed by atoms with Gasteiger partial charge in [0, 0.05) is 6.04 Å². The molecule has 1 fully saturated rings. The van der Waals surface area contributed by atoms with Crippen molar-refractivity contribution in [3.8, 4) is 16.2 Å². The van der Waals surface area contributed by atoms with Crippen LogP contribution in [0.5, 0.6) is 5.75 Å². The number of rotatable bonds is 10. The summed E-state index contributed by atoms with van der Waals surface area (Å²) in [5.41, 5.74) is 1.58. The summed E-state index contributed by atoms with van der Waals surface area (Å²) in [7, 11) is -3.86. The van der Waals surface area contributed by atoms with E-state index in [1.165, 1.54) is 4.31 Å². The summed E-state index contributed by atoms with van der Waals surface area (Å²) < 4.78 is 35.0. The molecule has 3 aromatic rings. The second kappa shape index (κ2) is 12.4. The van der Waals surface area contributed by atoms with Gasteiger partial charge in [0.15, 0.2) is 16.9 Å². The largest absolute Gasteiger partial charge is 0.483 e. The topological polar surface area (TPSA) is 113 Å². The van der Waals surface area contributed by atoms with E-state index in [1.807, 2.05) is 0 Å². The van der Waals surface area contributed by atoms with Crippen molar-refractivity contribution in [3.05, 3.63) is 67.4 Å². The maximum atomic E-state index is 13.9. The third-order valence-corrected chi connectivity index (χ3v) is 10.7. The first kappa shape index (κ1) is 28.8. The van der Waals surface area contributed by atoms with Gasteiger partial charge in [-0.25, -0.2) is 13.2 Å². The zero-order valence-electron chi connectivity index (χ0n) is 19.8. The van der Waals surface area contributed by atoms with Crippen LogP contribution in [0.4, 0.5) is 5.69 Å². The van der Waals surface area contributed by atoms with Crippen molar-refractivity contribution in [2.75, 3.05) is 24.0 Å². The van der Waals surface area contributed by atoms with Crippen molar-refractivity contribution in [1.82, 2.24) is 5.32 Å². The molecule has 0 atom stereocenters. The molecule has 0 bridgehead atoms. The van der Waals surface area contributed by atoms with Crippen molar-refractivity contribution in [3.63, 3.8) is 0 Å². The standard InChI is InChI=1S/C25H23BrCl2N2O6S2/c26-21-22(36-11-10-31)24(25(32)33)37-23(21)16-2-1-3-18(13-16)30(17-6-8-29-9-7-17)38(34,35)14-15-4-5-19(27)20(28)12-15/h1-5,10,12-13,17,29H,6-9,11,14H2,(H,32,33). The number of aromatic carboxylic acids is 1. The number of hydrogen-bond acceptors (Lipinski definition) is 7. The summed E-state index contributed by atoms with van der Waals surface area (Å²) >= 11 is 16.5. The lowest BCUT2D eigenvalue weighted by Gasteiger charge is -2.35. The number of hydrogen-bond donors (Lipinski definition) is 2. The van der Waals surface area contributed by atoms with Crippen molar-refractivity contribution >= 4 is 78.4 Å². The maximum absolute atomic E-state index is 13.9. The Morgan fingerprint density at radius 1 is 1.18 bits per heavy atom. The fourth-order valence-electron chi connectivity index (χ4n) is 4.30. The van der Waals surface area contributed by atoms with Gasteiger partial charge in [-0.3, -0.25) is 9.10 Å². The molecular formula is C25H23BrCl2N2O6S2. The fraction of sp³-hybridized carbons (Fsp3) is 0.280. The monoisotopic (exact) mass is 660 g/mol. The van der Waals surface area contributed by atoms with Gasteiger partial charge in [-0.2, -0.15) is 0 Å². The zero-order valence-corrected chi connectivity index (χ0v) is 24.6. The van der Waals surface area contributed by atoms with Crippen molar-refractivity contribution in [2.45, 2.75) is 24.6 Å². The minimum atomic E-state index is -3.86. The number of carbonyl (C=O) groups is 2. The molecule has 1 saturated heterocycles. The van der Waals surface area contributed by atoms with E-state index in [4.69, 9.17) is 27.9 Å². The van der Waals surface area contributed by atoms with Crippen LogP contribution < -0.4 is 14.4 Å². The lowest BCUT2D eigenvalue weighted by atomic mass is 10.1. The summed E-state index contributed by atoms with van der Waals surface area (Å²) in [6.07, 6.45) is 1.78. The molecule has 0 unspecified atom stereocenters. The molecule has 1 aliphatic heterocycles. The number of anilines is 1. The Labute approximate surface area is 242 Å². The molecule has 0 amide bonds. The van der Waals surface area contributed by atoms with E-state index in [-0.39, 0.29) is 34.1 Å². The van der Waals surface area contributed by atoms with E-state index in [9.17, 15) is 23.1 Å². The molecule has 0 spiro atoms. The molecular weight excluding hydrogens is 639 g/mol. The number of benzene rings is 2. The Bertz CT molecular complexity index is 1460. The number of sulfonamides is 1. The van der Waals surface area contributed by atoms with Crippen LogP contribution in [0.1, 0.15) is 28.1 Å². The van der Waals surface area contributed by atoms with Crippen molar-refractivity contribution < 1.29 is 27.9 Å². The third kappa shape index (κ3) is 6.35. The molecule has 13 heteroatoms. The van der Waals surface area contributed by atoms with Gasteiger partial charge in [0.1, 0.15) is 6.61 Å². The van der Waals surface area contributed by atoms with Gasteiger partial charge in [0.2, 0.25) is 10.0 Å². The number of halogens is 3. The first-order valence-electron chi connectivity index (χ1n) is 11.5. The molecule has 2 heterocycles. The highest BCUT2D eigenvalue weighted by Gasteiger charge is 2.32. The summed E-state index contributed by atoms with van der Waals surface area (Å²) in [4.78, 5) is 23.1. The first-order chi connectivity index (χ1) is 18.1. The molecule has 202 valence electrons. The second-order valence-corrected chi connectivity index (χ2v) is 13.0. The normalized spacial score (nSPS) is 14.3. The highest BCUT2D eigenvalue weighted by atomic mass is 79.9. The van der Waals surface area contributed by atoms with E-state index < -0.39 is 16.0 Å². The molecule has 0 saturated carbocycles. The average Bonchev–Trinajstić information content (AvgIpc) is 3.22. The molecule has 0 radical (unpaired) electrons. The molecule has 2 aromatic carbocycles. The van der Waals surface area contributed by atoms with Gasteiger partial charge in [-0.15, -0.1) is 11.3 Å². The number of nitrogens with zero attached hydrogens (tertiary/aromatic N) is 1. The van der Waals surface area contributed by atoms with Crippen LogP contribution in [-0.2, 0) is 20.6 Å². The predicted molar refractivity (Wildman–Crippen MR) is 153 cm³/mol. The Morgan fingerprint density at radius 3 is 2.58 bits per heavy atom. The van der Waals surface area contributed by atoms with E-state index >= 15 is 0 Å². The van der Waals surface area contributed by atoms with Gasteiger partial charge in [0.05, 0.1) is 30.8 Å². The Morgan fingerprint density at radius 2 is 1.92 bits per heavy atom. The van der Waals surface area contributed by atoms with Crippen LogP contribution in [0.3, 0.4) is 0 Å². The zero-order chi connectivity index (χ0) is 27.4. The van der Waals surface area contributed by atoms with Gasteiger partial charge < -0.3 is 15.2 Å². The molecule has 1 aliphatic rings. The van der Waals surface area contributed by atoms with E-state index in [0.29, 0.717) is 63.4 Å². The van der Waals surface area contributed by atoms with Crippen LogP contribution in [0.25, 0.3) is 10.4 Å². The lowest BCUT2D eigenvalue weighted by Crippen LogP contribution is -2.46. The maximum Gasteiger partial charge on any atom is 0.349 e. The number of piperidine rings is 1. The number of thiophene rings is 1. The summed E-state index contributed by atoms with van der Waals surface area (Å²) in [5.74, 6) is -1.41. The highest BCUT2D eigenvalue weighted by Crippen LogP contribution is 2.46. The van der Waals surface area contributed by atoms with Crippen molar-refractivity contribution in [1.29, 1.82) is 0 Å². The number of aldehydes is 1. The number of carbonyl (C=O) groups excluding carboxylic acids is 1. The number of carboxylic acid groups (broad SMARTS) is 1. The van der Waals surface area contributed by atoms with Crippen LogP contribution in [0.15, 0.2) is 46.9 Å². The molecule has 1 aromatic heterocycles. The van der Waals surface area contributed by atoms with Crippen LogP contribution in [0, 0.1) is 0 Å². The average molecular weight is 662 g/mol.